The molecule has 1 aliphatic heterocycles. The number of carbonyl (C=O) groups excluding carboxylic acids is 1. The zero-order valence-corrected chi connectivity index (χ0v) is 16.8. The maximum absolute atomic E-state index is 14.3. The maximum Gasteiger partial charge on any atom is 0.273 e. The quantitative estimate of drug-likeness (QED) is 0.380. The third-order valence-corrected chi connectivity index (χ3v) is 5.42. The zero-order chi connectivity index (χ0) is 21.5. The molecule has 0 radical (unpaired) electrons. The van der Waals surface area contributed by atoms with Crippen molar-refractivity contribution in [2.75, 3.05) is 30.4 Å². The van der Waals surface area contributed by atoms with Gasteiger partial charge in [0, 0.05) is 31.6 Å². The van der Waals surface area contributed by atoms with E-state index < -0.39 is 5.91 Å². The fourth-order valence-corrected chi connectivity index (χ4v) is 3.95. The van der Waals surface area contributed by atoms with Crippen molar-refractivity contribution in [2.24, 2.45) is 5.73 Å². The van der Waals surface area contributed by atoms with E-state index >= 15 is 0 Å². The van der Waals surface area contributed by atoms with E-state index in [1.165, 1.54) is 24.8 Å². The van der Waals surface area contributed by atoms with E-state index in [-0.39, 0.29) is 24.1 Å². The van der Waals surface area contributed by atoms with Crippen LogP contribution in [0.1, 0.15) is 22.7 Å². The van der Waals surface area contributed by atoms with Gasteiger partial charge in [0.2, 0.25) is 0 Å². The number of rotatable bonds is 5. The summed E-state index contributed by atoms with van der Waals surface area (Å²) >= 11 is 0. The van der Waals surface area contributed by atoms with E-state index in [2.05, 4.69) is 30.5 Å². The van der Waals surface area contributed by atoms with Crippen molar-refractivity contribution in [3.05, 3.63) is 42.1 Å². The molecule has 1 unspecified atom stereocenters. The Kier molecular flexibility index (Phi) is 4.66. The number of fused-ring (bicyclic) bond motifs is 3. The number of carbonyl (C=O) groups is 1. The number of nitrogens with one attached hydrogen (secondary N) is 3. The molecule has 160 valence electrons. The van der Waals surface area contributed by atoms with Gasteiger partial charge in [0.15, 0.2) is 17.9 Å². The summed E-state index contributed by atoms with van der Waals surface area (Å²) in [7, 11) is 1.73. The third-order valence-electron chi connectivity index (χ3n) is 5.42. The van der Waals surface area contributed by atoms with Gasteiger partial charge in [-0.15, -0.1) is 0 Å². The number of hydrogen-bond acceptors (Lipinski definition) is 8. The summed E-state index contributed by atoms with van der Waals surface area (Å²) < 4.78 is 19.1. The molecule has 1 atom stereocenters. The number of nitrogens with zero attached hydrogens (tertiary/aromatic N) is 4. The van der Waals surface area contributed by atoms with Crippen LogP contribution in [0.3, 0.4) is 0 Å². The number of halogens is 1. The van der Waals surface area contributed by atoms with Crippen LogP contribution >= 0.6 is 0 Å². The fourth-order valence-electron chi connectivity index (χ4n) is 3.95. The average molecular weight is 424 g/mol. The van der Waals surface area contributed by atoms with Gasteiger partial charge in [-0.1, -0.05) is 0 Å². The maximum atomic E-state index is 14.3. The van der Waals surface area contributed by atoms with Crippen LogP contribution in [0.2, 0.25) is 0 Å². The van der Waals surface area contributed by atoms with Gasteiger partial charge in [-0.3, -0.25) is 4.79 Å². The SMILES string of the molecule is CNc1cc(F)cc2c1[nH]c1nc(CNC(=O)c3cocn3)nc(N3CCC(N)C3)c12. The Labute approximate surface area is 176 Å². The van der Waals surface area contributed by atoms with Gasteiger partial charge in [-0.2, -0.15) is 0 Å². The summed E-state index contributed by atoms with van der Waals surface area (Å²) in [5.41, 5.74) is 8.22. The molecule has 1 saturated heterocycles. The number of aromatic amines is 1. The van der Waals surface area contributed by atoms with E-state index in [0.29, 0.717) is 34.9 Å². The number of aromatic nitrogens is 4. The van der Waals surface area contributed by atoms with E-state index in [0.717, 1.165) is 23.9 Å². The van der Waals surface area contributed by atoms with Gasteiger partial charge < -0.3 is 30.7 Å². The monoisotopic (exact) mass is 424 g/mol. The lowest BCUT2D eigenvalue weighted by Gasteiger charge is -2.19. The summed E-state index contributed by atoms with van der Waals surface area (Å²) in [6.07, 6.45) is 3.29. The first-order valence-electron chi connectivity index (χ1n) is 9.90. The van der Waals surface area contributed by atoms with Crippen LogP contribution in [-0.2, 0) is 6.54 Å². The van der Waals surface area contributed by atoms with Crippen LogP contribution in [0, 0.1) is 5.82 Å². The molecule has 0 aliphatic carbocycles. The first kappa shape index (κ1) is 19.2. The molecule has 1 fully saturated rings. The lowest BCUT2D eigenvalue weighted by molar-refractivity contribution is 0.0945. The van der Waals surface area contributed by atoms with E-state index in [9.17, 15) is 9.18 Å². The number of oxazole rings is 1. The van der Waals surface area contributed by atoms with Gasteiger partial charge in [-0.05, 0) is 18.6 Å². The highest BCUT2D eigenvalue weighted by molar-refractivity contribution is 6.14. The molecule has 5 rings (SSSR count). The Balaban J connectivity index is 1.61. The number of hydrogen-bond donors (Lipinski definition) is 4. The topological polar surface area (TPSA) is 138 Å². The molecule has 1 amide bonds. The summed E-state index contributed by atoms with van der Waals surface area (Å²) in [6.45, 7) is 1.47. The Hall–Kier alpha value is -3.73. The molecule has 4 aromatic rings. The second-order valence-corrected chi connectivity index (χ2v) is 7.49. The molecule has 3 aromatic heterocycles. The van der Waals surface area contributed by atoms with Crippen molar-refractivity contribution in [1.29, 1.82) is 0 Å². The van der Waals surface area contributed by atoms with Crippen LogP contribution in [-0.4, -0.2) is 52.0 Å². The van der Waals surface area contributed by atoms with E-state index in [1.54, 1.807) is 7.05 Å². The molecule has 11 heteroatoms. The number of anilines is 2. The molecule has 5 N–H and O–H groups in total. The largest absolute Gasteiger partial charge is 0.451 e. The van der Waals surface area contributed by atoms with Crippen molar-refractivity contribution in [2.45, 2.75) is 19.0 Å². The molecule has 1 aliphatic rings. The Bertz CT molecular complexity index is 1270. The van der Waals surface area contributed by atoms with Crippen LogP contribution in [0.4, 0.5) is 15.9 Å². The molecule has 10 nitrogen and oxygen atoms in total. The highest BCUT2D eigenvalue weighted by atomic mass is 19.1. The molecule has 1 aromatic carbocycles. The summed E-state index contributed by atoms with van der Waals surface area (Å²) in [5, 5.41) is 7.17. The van der Waals surface area contributed by atoms with Crippen molar-refractivity contribution in [1.82, 2.24) is 25.3 Å². The van der Waals surface area contributed by atoms with Gasteiger partial charge >= 0.3 is 0 Å². The average Bonchev–Trinajstić information content (AvgIpc) is 3.50. The lowest BCUT2D eigenvalue weighted by Crippen LogP contribution is -2.28. The van der Waals surface area contributed by atoms with Crippen LogP contribution < -0.4 is 21.3 Å². The van der Waals surface area contributed by atoms with Crippen LogP contribution in [0.5, 0.6) is 0 Å². The predicted molar refractivity (Wildman–Crippen MR) is 113 cm³/mol. The van der Waals surface area contributed by atoms with Gasteiger partial charge in [0.25, 0.3) is 5.91 Å². The molecule has 0 spiro atoms. The number of benzene rings is 1. The number of amides is 1. The molecular weight excluding hydrogens is 403 g/mol. The molecule has 0 bridgehead atoms. The second-order valence-electron chi connectivity index (χ2n) is 7.49. The summed E-state index contributed by atoms with van der Waals surface area (Å²) in [6, 6.07) is 2.94. The highest BCUT2D eigenvalue weighted by Gasteiger charge is 2.26. The number of nitrogens with two attached hydrogens (primary N) is 1. The van der Waals surface area contributed by atoms with Crippen LogP contribution in [0.15, 0.2) is 29.2 Å². The standard InChI is InChI=1S/C20H21FN8O2/c1-23-13-5-10(21)4-12-16-18(28-17(12)13)26-15(6-24-20(30)14-8-31-9-25-14)27-19(16)29-3-2-11(22)7-29/h4-5,8-9,11,23H,2-3,6-7,22H2,1H3,(H,24,30)(H,26,27,28). The fraction of sp³-hybridized carbons (Fsp3) is 0.300. The van der Waals surface area contributed by atoms with Crippen molar-refractivity contribution in [3.63, 3.8) is 0 Å². The summed E-state index contributed by atoms with van der Waals surface area (Å²) in [5.74, 6) is 0.338. The third kappa shape index (κ3) is 3.42. The Morgan fingerprint density at radius 3 is 3.00 bits per heavy atom. The van der Waals surface area contributed by atoms with Crippen molar-refractivity contribution < 1.29 is 13.6 Å². The molecular formula is C20H21FN8O2. The van der Waals surface area contributed by atoms with Gasteiger partial charge in [0.05, 0.1) is 23.1 Å². The Morgan fingerprint density at radius 2 is 2.29 bits per heavy atom. The van der Waals surface area contributed by atoms with Crippen LogP contribution in [0.25, 0.3) is 21.9 Å². The minimum absolute atomic E-state index is 0.0372. The normalized spacial score (nSPS) is 16.4. The smallest absolute Gasteiger partial charge is 0.273 e. The first-order valence-corrected chi connectivity index (χ1v) is 9.90. The molecule has 0 saturated carbocycles. The van der Waals surface area contributed by atoms with Crippen molar-refractivity contribution in [3.8, 4) is 0 Å². The van der Waals surface area contributed by atoms with Gasteiger partial charge in [-0.25, -0.2) is 19.3 Å². The number of H-pyrrole nitrogens is 1. The highest BCUT2D eigenvalue weighted by Crippen LogP contribution is 2.36. The zero-order valence-electron chi connectivity index (χ0n) is 16.8. The van der Waals surface area contributed by atoms with Crippen molar-refractivity contribution >= 4 is 39.3 Å². The second kappa shape index (κ2) is 7.51. The predicted octanol–water partition coefficient (Wildman–Crippen LogP) is 1.75. The minimum Gasteiger partial charge on any atom is -0.451 e. The van der Waals surface area contributed by atoms with E-state index in [4.69, 9.17) is 15.1 Å². The first-order chi connectivity index (χ1) is 15.0. The molecule has 4 heterocycles. The molecule has 31 heavy (non-hydrogen) atoms. The van der Waals surface area contributed by atoms with E-state index in [1.807, 2.05) is 0 Å². The minimum atomic E-state index is -0.390. The summed E-state index contributed by atoms with van der Waals surface area (Å²) in [4.78, 5) is 30.7. The lowest BCUT2D eigenvalue weighted by atomic mass is 10.1. The Morgan fingerprint density at radius 1 is 1.42 bits per heavy atom. The van der Waals surface area contributed by atoms with Gasteiger partial charge in [0.1, 0.15) is 23.5 Å².